The first-order chi connectivity index (χ1) is 9.67. The molecule has 2 aromatic rings. The lowest BCUT2D eigenvalue weighted by atomic mass is 9.91. The number of hydrogen-bond donors (Lipinski definition) is 1. The Balaban J connectivity index is 2.00. The van der Waals surface area contributed by atoms with E-state index in [0.29, 0.717) is 16.0 Å². The van der Waals surface area contributed by atoms with E-state index in [4.69, 9.17) is 28.2 Å². The molecule has 106 valence electrons. The van der Waals surface area contributed by atoms with E-state index in [-0.39, 0.29) is 0 Å². The van der Waals surface area contributed by atoms with Gasteiger partial charge in [-0.15, -0.1) is 11.3 Å². The van der Waals surface area contributed by atoms with E-state index >= 15 is 0 Å². The Morgan fingerprint density at radius 3 is 2.75 bits per heavy atom. The summed E-state index contributed by atoms with van der Waals surface area (Å²) in [5, 5.41) is 5.62. The fraction of sp³-hybridized carbons (Fsp3) is 0.400. The van der Waals surface area contributed by atoms with Crippen LogP contribution in [0.2, 0.25) is 10.0 Å². The van der Waals surface area contributed by atoms with Gasteiger partial charge in [-0.25, -0.2) is 4.98 Å². The molecule has 1 aliphatic rings. The maximum absolute atomic E-state index is 6.09. The highest BCUT2D eigenvalue weighted by molar-refractivity contribution is 7.15. The highest BCUT2D eigenvalue weighted by Crippen LogP contribution is 2.39. The first-order valence-electron chi connectivity index (χ1n) is 6.78. The second kappa shape index (κ2) is 6.02. The zero-order chi connectivity index (χ0) is 14.1. The van der Waals surface area contributed by atoms with Crippen molar-refractivity contribution in [1.29, 1.82) is 0 Å². The van der Waals surface area contributed by atoms with E-state index in [0.717, 1.165) is 23.5 Å². The van der Waals surface area contributed by atoms with Crippen LogP contribution in [0.4, 0.5) is 0 Å². The van der Waals surface area contributed by atoms with Crippen molar-refractivity contribution in [2.45, 2.75) is 25.2 Å². The highest BCUT2D eigenvalue weighted by Gasteiger charge is 2.24. The number of rotatable bonds is 3. The zero-order valence-electron chi connectivity index (χ0n) is 11.2. The van der Waals surface area contributed by atoms with Gasteiger partial charge in [-0.05, 0) is 44.5 Å². The van der Waals surface area contributed by atoms with Crippen LogP contribution in [0.3, 0.4) is 0 Å². The van der Waals surface area contributed by atoms with Crippen molar-refractivity contribution in [3.8, 4) is 10.6 Å². The van der Waals surface area contributed by atoms with Crippen molar-refractivity contribution in [3.63, 3.8) is 0 Å². The van der Waals surface area contributed by atoms with Crippen LogP contribution in [0.25, 0.3) is 10.6 Å². The number of aryl methyl sites for hydroxylation is 1. The lowest BCUT2D eigenvalue weighted by molar-refractivity contribution is 0.523. The van der Waals surface area contributed by atoms with Crippen LogP contribution in [-0.2, 0) is 6.42 Å². The van der Waals surface area contributed by atoms with Gasteiger partial charge >= 0.3 is 0 Å². The molecule has 1 heterocycles. The summed E-state index contributed by atoms with van der Waals surface area (Å²) in [5.74, 6) is 0.531. The second-order valence-corrected chi connectivity index (χ2v) is 7.09. The summed E-state index contributed by atoms with van der Waals surface area (Å²) in [6, 6.07) is 5.62. The van der Waals surface area contributed by atoms with E-state index < -0.39 is 0 Å². The quantitative estimate of drug-likeness (QED) is 0.879. The van der Waals surface area contributed by atoms with Gasteiger partial charge in [0.15, 0.2) is 0 Å². The van der Waals surface area contributed by atoms with Crippen LogP contribution in [0.15, 0.2) is 18.2 Å². The Morgan fingerprint density at radius 1 is 1.30 bits per heavy atom. The van der Waals surface area contributed by atoms with Crippen LogP contribution in [0.5, 0.6) is 0 Å². The monoisotopic (exact) mass is 326 g/mol. The van der Waals surface area contributed by atoms with Gasteiger partial charge in [0.1, 0.15) is 5.01 Å². The van der Waals surface area contributed by atoms with Crippen molar-refractivity contribution >= 4 is 34.5 Å². The molecule has 2 nitrogen and oxygen atoms in total. The Morgan fingerprint density at radius 2 is 2.05 bits per heavy atom. The van der Waals surface area contributed by atoms with Gasteiger partial charge < -0.3 is 5.32 Å². The summed E-state index contributed by atoms with van der Waals surface area (Å²) in [7, 11) is 2.00. The number of nitrogens with zero attached hydrogens (tertiary/aromatic N) is 1. The second-order valence-electron chi connectivity index (χ2n) is 5.13. The average molecular weight is 327 g/mol. The molecule has 1 unspecified atom stereocenters. The van der Waals surface area contributed by atoms with Crippen molar-refractivity contribution in [3.05, 3.63) is 38.8 Å². The molecule has 1 aliphatic carbocycles. The summed E-state index contributed by atoms with van der Waals surface area (Å²) in [4.78, 5) is 6.28. The van der Waals surface area contributed by atoms with Gasteiger partial charge in [0.05, 0.1) is 5.69 Å². The Bertz CT molecular complexity index is 604. The van der Waals surface area contributed by atoms with Gasteiger partial charge in [-0.3, -0.25) is 0 Å². The summed E-state index contributed by atoms with van der Waals surface area (Å²) in [6.45, 7) is 0.993. The third kappa shape index (κ3) is 2.86. The van der Waals surface area contributed by atoms with Gasteiger partial charge in [0, 0.05) is 32.9 Å². The smallest absolute Gasteiger partial charge is 0.123 e. The molecule has 0 saturated carbocycles. The molecule has 0 amide bonds. The SMILES string of the molecule is CNCC1CCCc2sc(-c3cc(Cl)cc(Cl)c3)nc21. The first-order valence-corrected chi connectivity index (χ1v) is 8.35. The standard InChI is InChI=1S/C15H16Cl2N2S/c1-18-8-9-3-2-4-13-14(9)19-15(20-13)10-5-11(16)7-12(17)6-10/h5-7,9,18H,2-4,8H2,1H3. The minimum absolute atomic E-state index is 0.531. The predicted octanol–water partition coefficient (Wildman–Crippen LogP) is 4.76. The fourth-order valence-electron chi connectivity index (χ4n) is 2.75. The summed E-state index contributed by atoms with van der Waals surface area (Å²) >= 11 is 14.0. The normalized spacial score (nSPS) is 18.1. The van der Waals surface area contributed by atoms with Crippen molar-refractivity contribution < 1.29 is 0 Å². The molecule has 1 atom stereocenters. The number of likely N-dealkylation sites (N-methyl/N-ethyl adjacent to an activating group) is 1. The average Bonchev–Trinajstić information content (AvgIpc) is 2.83. The summed E-state index contributed by atoms with van der Waals surface area (Å²) < 4.78 is 0. The van der Waals surface area contributed by atoms with Gasteiger partial charge in [-0.1, -0.05) is 23.2 Å². The molecule has 0 radical (unpaired) electrons. The van der Waals surface area contributed by atoms with Gasteiger partial charge in [0.25, 0.3) is 0 Å². The Labute approximate surface area is 133 Å². The predicted molar refractivity (Wildman–Crippen MR) is 87.2 cm³/mol. The molecule has 5 heteroatoms. The molecule has 0 bridgehead atoms. The first kappa shape index (κ1) is 14.3. The van der Waals surface area contributed by atoms with Gasteiger partial charge in [-0.2, -0.15) is 0 Å². The van der Waals surface area contributed by atoms with Crippen LogP contribution in [0, 0.1) is 0 Å². The molecular formula is C15H16Cl2N2S. The van der Waals surface area contributed by atoms with Crippen molar-refractivity contribution in [2.24, 2.45) is 0 Å². The fourth-order valence-corrected chi connectivity index (χ4v) is 4.46. The topological polar surface area (TPSA) is 24.9 Å². The van der Waals surface area contributed by atoms with Crippen LogP contribution >= 0.6 is 34.5 Å². The molecule has 20 heavy (non-hydrogen) atoms. The van der Waals surface area contributed by atoms with E-state index in [1.165, 1.54) is 23.4 Å². The Kier molecular flexibility index (Phi) is 4.32. The molecule has 0 saturated heterocycles. The van der Waals surface area contributed by atoms with Crippen LogP contribution < -0.4 is 5.32 Å². The molecule has 1 aromatic heterocycles. The van der Waals surface area contributed by atoms with E-state index in [2.05, 4.69) is 5.32 Å². The minimum atomic E-state index is 0.531. The highest BCUT2D eigenvalue weighted by atomic mass is 35.5. The molecule has 3 rings (SSSR count). The van der Waals surface area contributed by atoms with Crippen molar-refractivity contribution in [1.82, 2.24) is 10.3 Å². The number of fused-ring (bicyclic) bond motifs is 1. The lowest BCUT2D eigenvalue weighted by Gasteiger charge is -2.20. The van der Waals surface area contributed by atoms with Gasteiger partial charge in [0.2, 0.25) is 0 Å². The third-order valence-electron chi connectivity index (χ3n) is 3.63. The molecule has 1 aromatic carbocycles. The number of hydrogen-bond acceptors (Lipinski definition) is 3. The van der Waals surface area contributed by atoms with Crippen LogP contribution in [-0.4, -0.2) is 18.6 Å². The third-order valence-corrected chi connectivity index (χ3v) is 5.25. The summed E-state index contributed by atoms with van der Waals surface area (Å²) in [5.41, 5.74) is 2.28. The Hall–Kier alpha value is -0.610. The maximum Gasteiger partial charge on any atom is 0.123 e. The maximum atomic E-state index is 6.09. The lowest BCUT2D eigenvalue weighted by Crippen LogP contribution is -2.20. The number of benzene rings is 1. The van der Waals surface area contributed by atoms with E-state index in [1.807, 2.05) is 19.2 Å². The molecular weight excluding hydrogens is 311 g/mol. The molecule has 0 spiro atoms. The molecule has 0 aliphatic heterocycles. The van der Waals surface area contributed by atoms with E-state index in [1.54, 1.807) is 17.4 Å². The largest absolute Gasteiger partial charge is 0.319 e. The number of halogens is 2. The zero-order valence-corrected chi connectivity index (χ0v) is 13.6. The molecule has 0 fully saturated rings. The van der Waals surface area contributed by atoms with Crippen molar-refractivity contribution in [2.75, 3.05) is 13.6 Å². The molecule has 1 N–H and O–H groups in total. The summed E-state index contributed by atoms with van der Waals surface area (Å²) in [6.07, 6.45) is 3.60. The van der Waals surface area contributed by atoms with E-state index in [9.17, 15) is 0 Å². The number of thiazole rings is 1. The minimum Gasteiger partial charge on any atom is -0.319 e. The number of aromatic nitrogens is 1. The number of nitrogens with one attached hydrogen (secondary N) is 1. The van der Waals surface area contributed by atoms with Crippen LogP contribution in [0.1, 0.15) is 29.3 Å².